The number of ether oxygens (including phenoxy) is 1. The first-order valence-corrected chi connectivity index (χ1v) is 7.71. The molecule has 1 saturated heterocycles. The second-order valence-electron chi connectivity index (χ2n) is 5.89. The third-order valence-electron chi connectivity index (χ3n) is 4.08. The van der Waals surface area contributed by atoms with Gasteiger partial charge in [-0.15, -0.1) is 0 Å². The summed E-state index contributed by atoms with van der Waals surface area (Å²) in [6.07, 6.45) is 1.82. The molecule has 1 fully saturated rings. The van der Waals surface area contributed by atoms with Crippen molar-refractivity contribution in [3.8, 4) is 5.75 Å². The molecule has 0 aliphatic carbocycles. The van der Waals surface area contributed by atoms with Crippen LogP contribution >= 0.6 is 0 Å². The lowest BCUT2D eigenvalue weighted by Gasteiger charge is -2.17. The molecule has 1 amide bonds. The Labute approximate surface area is 126 Å². The van der Waals surface area contributed by atoms with Crippen molar-refractivity contribution in [3.05, 3.63) is 29.8 Å². The van der Waals surface area contributed by atoms with E-state index in [2.05, 4.69) is 0 Å². The molecular formula is C17H25NO3. The summed E-state index contributed by atoms with van der Waals surface area (Å²) >= 11 is 0. The molecule has 1 aliphatic heterocycles. The number of aliphatic hydroxyl groups excluding tert-OH is 1. The minimum absolute atomic E-state index is 0.172. The van der Waals surface area contributed by atoms with Crippen LogP contribution < -0.4 is 4.74 Å². The van der Waals surface area contributed by atoms with Crippen LogP contribution in [0.25, 0.3) is 0 Å². The quantitative estimate of drug-likeness (QED) is 0.819. The van der Waals surface area contributed by atoms with E-state index in [1.54, 1.807) is 6.92 Å². The molecule has 0 spiro atoms. The van der Waals surface area contributed by atoms with Gasteiger partial charge in [-0.1, -0.05) is 17.7 Å². The van der Waals surface area contributed by atoms with Gasteiger partial charge in [-0.05, 0) is 38.8 Å². The zero-order valence-corrected chi connectivity index (χ0v) is 12.9. The first-order valence-electron chi connectivity index (χ1n) is 7.71. The van der Waals surface area contributed by atoms with Gasteiger partial charge in [-0.25, -0.2) is 0 Å². The number of aryl methyl sites for hydroxylation is 1. The third kappa shape index (κ3) is 4.74. The van der Waals surface area contributed by atoms with Crippen LogP contribution in [0.3, 0.4) is 0 Å². The summed E-state index contributed by atoms with van der Waals surface area (Å²) in [5.41, 5.74) is 1.21. The van der Waals surface area contributed by atoms with E-state index in [0.717, 1.165) is 25.1 Å². The van der Waals surface area contributed by atoms with Crippen molar-refractivity contribution in [1.29, 1.82) is 0 Å². The summed E-state index contributed by atoms with van der Waals surface area (Å²) < 4.78 is 5.62. The number of benzene rings is 1. The fourth-order valence-electron chi connectivity index (χ4n) is 2.61. The zero-order valence-electron chi connectivity index (χ0n) is 12.9. The molecule has 1 aromatic rings. The van der Waals surface area contributed by atoms with E-state index in [1.165, 1.54) is 5.56 Å². The summed E-state index contributed by atoms with van der Waals surface area (Å²) in [5.74, 6) is 1.26. The normalized spacial score (nSPS) is 19.6. The Bertz CT molecular complexity index is 456. The van der Waals surface area contributed by atoms with Gasteiger partial charge in [0, 0.05) is 25.4 Å². The number of likely N-dealkylation sites (tertiary alicyclic amines) is 1. The molecule has 116 valence electrons. The van der Waals surface area contributed by atoms with E-state index < -0.39 is 0 Å². The van der Waals surface area contributed by atoms with Gasteiger partial charge in [0.05, 0.1) is 12.7 Å². The van der Waals surface area contributed by atoms with Crippen LogP contribution in [-0.2, 0) is 4.79 Å². The molecule has 4 heteroatoms. The largest absolute Gasteiger partial charge is 0.494 e. The maximum atomic E-state index is 12.1. The van der Waals surface area contributed by atoms with E-state index in [9.17, 15) is 9.90 Å². The van der Waals surface area contributed by atoms with Gasteiger partial charge in [0.2, 0.25) is 5.91 Å². The van der Waals surface area contributed by atoms with Crippen molar-refractivity contribution in [1.82, 2.24) is 4.90 Å². The number of amides is 1. The van der Waals surface area contributed by atoms with Gasteiger partial charge in [0.25, 0.3) is 0 Å². The lowest BCUT2D eigenvalue weighted by Crippen LogP contribution is -2.30. The van der Waals surface area contributed by atoms with E-state index in [-0.39, 0.29) is 17.9 Å². The number of carbonyl (C=O) groups excluding carboxylic acids is 1. The molecule has 1 aliphatic rings. The fourth-order valence-corrected chi connectivity index (χ4v) is 2.61. The van der Waals surface area contributed by atoms with Crippen molar-refractivity contribution >= 4 is 5.91 Å². The maximum Gasteiger partial charge on any atom is 0.222 e. The second-order valence-corrected chi connectivity index (χ2v) is 5.89. The molecule has 4 nitrogen and oxygen atoms in total. The predicted octanol–water partition coefficient (Wildman–Crippen LogP) is 2.38. The van der Waals surface area contributed by atoms with Crippen LogP contribution in [0.1, 0.15) is 31.7 Å². The first-order chi connectivity index (χ1) is 10.1. The van der Waals surface area contributed by atoms with Gasteiger partial charge < -0.3 is 14.7 Å². The molecule has 21 heavy (non-hydrogen) atoms. The molecule has 0 saturated carbocycles. The topological polar surface area (TPSA) is 49.8 Å². The molecule has 1 heterocycles. The highest BCUT2D eigenvalue weighted by atomic mass is 16.5. The molecule has 0 aromatic heterocycles. The number of aliphatic hydroxyl groups is 1. The molecule has 1 N–H and O–H groups in total. The third-order valence-corrected chi connectivity index (χ3v) is 4.08. The summed E-state index contributed by atoms with van der Waals surface area (Å²) in [5, 5.41) is 9.55. The lowest BCUT2D eigenvalue weighted by molar-refractivity contribution is -0.130. The summed E-state index contributed by atoms with van der Waals surface area (Å²) in [6.45, 7) is 5.86. The summed E-state index contributed by atoms with van der Waals surface area (Å²) in [7, 11) is 0. The van der Waals surface area contributed by atoms with Gasteiger partial charge in [0.15, 0.2) is 0 Å². The van der Waals surface area contributed by atoms with Crippen molar-refractivity contribution in [3.63, 3.8) is 0 Å². The second kappa shape index (κ2) is 7.46. The smallest absolute Gasteiger partial charge is 0.222 e. The SMILES string of the molecule is Cc1ccc(OCCCC(=O)N2CCC(C(C)O)C2)cc1. The van der Waals surface area contributed by atoms with Crippen LogP contribution in [0.2, 0.25) is 0 Å². The average Bonchev–Trinajstić information content (AvgIpc) is 2.95. The predicted molar refractivity (Wildman–Crippen MR) is 82.3 cm³/mol. The van der Waals surface area contributed by atoms with Crippen LogP contribution in [0.5, 0.6) is 5.75 Å². The van der Waals surface area contributed by atoms with Crippen LogP contribution in [0.15, 0.2) is 24.3 Å². The van der Waals surface area contributed by atoms with Crippen LogP contribution in [0, 0.1) is 12.8 Å². The Hall–Kier alpha value is -1.55. The van der Waals surface area contributed by atoms with E-state index in [4.69, 9.17) is 4.74 Å². The number of nitrogens with zero attached hydrogens (tertiary/aromatic N) is 1. The Morgan fingerprint density at radius 3 is 2.76 bits per heavy atom. The number of carbonyl (C=O) groups is 1. The Balaban J connectivity index is 1.64. The van der Waals surface area contributed by atoms with Crippen molar-refractivity contribution in [2.45, 2.75) is 39.2 Å². The number of rotatable bonds is 6. The van der Waals surface area contributed by atoms with Crippen LogP contribution in [0.4, 0.5) is 0 Å². The standard InChI is InChI=1S/C17H25NO3/c1-13-5-7-16(8-6-13)21-11-3-4-17(20)18-10-9-15(12-18)14(2)19/h5-8,14-15,19H,3-4,9-12H2,1-2H3. The molecule has 2 unspecified atom stereocenters. The lowest BCUT2D eigenvalue weighted by atomic mass is 10.0. The first kappa shape index (κ1) is 15.8. The molecule has 0 radical (unpaired) electrons. The molecule has 1 aromatic carbocycles. The molecule has 2 rings (SSSR count). The van der Waals surface area contributed by atoms with E-state index >= 15 is 0 Å². The fraction of sp³-hybridized carbons (Fsp3) is 0.588. The molecular weight excluding hydrogens is 266 g/mol. The Morgan fingerprint density at radius 1 is 1.43 bits per heavy atom. The number of hydrogen-bond donors (Lipinski definition) is 1. The van der Waals surface area contributed by atoms with Crippen LogP contribution in [-0.4, -0.2) is 41.7 Å². The average molecular weight is 291 g/mol. The van der Waals surface area contributed by atoms with E-state index in [0.29, 0.717) is 19.6 Å². The van der Waals surface area contributed by atoms with Crippen molar-refractivity contribution in [2.75, 3.05) is 19.7 Å². The Morgan fingerprint density at radius 2 is 2.14 bits per heavy atom. The number of hydrogen-bond acceptors (Lipinski definition) is 3. The minimum Gasteiger partial charge on any atom is -0.494 e. The van der Waals surface area contributed by atoms with Crippen molar-refractivity contribution in [2.24, 2.45) is 5.92 Å². The highest BCUT2D eigenvalue weighted by Gasteiger charge is 2.28. The monoisotopic (exact) mass is 291 g/mol. The highest BCUT2D eigenvalue weighted by Crippen LogP contribution is 2.20. The van der Waals surface area contributed by atoms with Gasteiger partial charge in [-0.2, -0.15) is 0 Å². The Kier molecular flexibility index (Phi) is 5.62. The maximum absolute atomic E-state index is 12.1. The van der Waals surface area contributed by atoms with Crippen molar-refractivity contribution < 1.29 is 14.6 Å². The summed E-state index contributed by atoms with van der Waals surface area (Å²) in [4.78, 5) is 13.9. The van der Waals surface area contributed by atoms with Gasteiger partial charge in [-0.3, -0.25) is 4.79 Å². The van der Waals surface area contributed by atoms with Gasteiger partial charge in [0.1, 0.15) is 5.75 Å². The zero-order chi connectivity index (χ0) is 15.2. The highest BCUT2D eigenvalue weighted by molar-refractivity contribution is 5.76. The summed E-state index contributed by atoms with van der Waals surface area (Å²) in [6, 6.07) is 7.93. The van der Waals surface area contributed by atoms with E-state index in [1.807, 2.05) is 36.1 Å². The molecule has 0 bridgehead atoms. The van der Waals surface area contributed by atoms with Gasteiger partial charge >= 0.3 is 0 Å². The minimum atomic E-state index is -0.326. The molecule has 2 atom stereocenters.